The van der Waals surface area contributed by atoms with Crippen molar-refractivity contribution in [3.8, 4) is 0 Å². The number of aryl methyl sites for hydroxylation is 2. The number of hydrogen-bond acceptors (Lipinski definition) is 0. The van der Waals surface area contributed by atoms with Crippen molar-refractivity contribution in [3.05, 3.63) is 82.2 Å². The van der Waals surface area contributed by atoms with Gasteiger partial charge in [-0.05, 0) is 35.4 Å². The largest absolute Gasteiger partial charge is 0.206 e. The monoisotopic (exact) mass is 404 g/mol. The fourth-order valence-corrected chi connectivity index (χ4v) is 3.40. The third-order valence-corrected chi connectivity index (χ3v) is 4.90. The van der Waals surface area contributed by atoms with Gasteiger partial charge in [-0.2, -0.15) is 0 Å². The van der Waals surface area contributed by atoms with Crippen molar-refractivity contribution in [2.75, 3.05) is 0 Å². The average Bonchev–Trinajstić information content (AvgIpc) is 2.72. The van der Waals surface area contributed by atoms with Gasteiger partial charge in [0.2, 0.25) is 0 Å². The molecule has 0 aromatic heterocycles. The van der Waals surface area contributed by atoms with Gasteiger partial charge in [0.15, 0.2) is 23.3 Å². The molecule has 0 heterocycles. The van der Waals surface area contributed by atoms with Gasteiger partial charge in [-0.25, -0.2) is 22.0 Å². The molecule has 0 unspecified atom stereocenters. The first-order chi connectivity index (χ1) is 13.9. The van der Waals surface area contributed by atoms with Crippen molar-refractivity contribution in [3.63, 3.8) is 0 Å². The van der Waals surface area contributed by atoms with E-state index in [2.05, 4.69) is 0 Å². The summed E-state index contributed by atoms with van der Waals surface area (Å²) in [6, 6.07) is 9.89. The van der Waals surface area contributed by atoms with Gasteiger partial charge in [0.05, 0.1) is 10.9 Å². The molecule has 0 radical (unpaired) electrons. The Balaban J connectivity index is 2.12. The molecule has 0 amide bonds. The summed E-state index contributed by atoms with van der Waals surface area (Å²) in [5.74, 6) is -6.82. The van der Waals surface area contributed by atoms with Crippen molar-refractivity contribution in [2.45, 2.75) is 39.5 Å². The van der Waals surface area contributed by atoms with Gasteiger partial charge in [0.25, 0.3) is 0 Å². The fourth-order valence-electron chi connectivity index (χ4n) is 3.40. The highest BCUT2D eigenvalue weighted by Gasteiger charge is 2.23. The summed E-state index contributed by atoms with van der Waals surface area (Å²) in [6.07, 6.45) is 2.69. The first kappa shape index (κ1) is 21.0. The van der Waals surface area contributed by atoms with E-state index in [0.29, 0.717) is 12.8 Å². The maximum atomic E-state index is 14.7. The van der Waals surface area contributed by atoms with Crippen LogP contribution in [0.4, 0.5) is 22.0 Å². The first-order valence-corrected chi connectivity index (χ1v) is 9.63. The van der Waals surface area contributed by atoms with Crippen LogP contribution in [0.25, 0.3) is 22.4 Å². The van der Waals surface area contributed by atoms with Crippen LogP contribution in [0.15, 0.2) is 42.5 Å². The second-order valence-corrected chi connectivity index (χ2v) is 7.01. The quantitative estimate of drug-likeness (QED) is 0.289. The zero-order chi connectivity index (χ0) is 21.1. The third-order valence-electron chi connectivity index (χ3n) is 4.90. The molecule has 0 N–H and O–H groups in total. The van der Waals surface area contributed by atoms with E-state index in [1.807, 2.05) is 13.8 Å². The van der Waals surface area contributed by atoms with Crippen molar-refractivity contribution in [1.29, 1.82) is 0 Å². The molecular formula is C24H21F5. The Bertz CT molecular complexity index is 1070. The maximum Gasteiger partial charge on any atom is 0.170 e. The Morgan fingerprint density at radius 2 is 1.38 bits per heavy atom. The number of fused-ring (bicyclic) bond motifs is 1. The third kappa shape index (κ3) is 4.04. The van der Waals surface area contributed by atoms with Crippen LogP contribution >= 0.6 is 0 Å². The van der Waals surface area contributed by atoms with Crippen molar-refractivity contribution >= 4 is 22.4 Å². The topological polar surface area (TPSA) is 0 Å². The van der Waals surface area contributed by atoms with E-state index in [4.69, 9.17) is 0 Å². The smallest absolute Gasteiger partial charge is 0.170 e. The number of hydrogen-bond donors (Lipinski definition) is 0. The van der Waals surface area contributed by atoms with E-state index in [9.17, 15) is 22.0 Å². The van der Waals surface area contributed by atoms with Crippen LogP contribution in [0.2, 0.25) is 0 Å². The van der Waals surface area contributed by atoms with Gasteiger partial charge in [-0.3, -0.25) is 0 Å². The fraction of sp³-hybridized carbons (Fsp3) is 0.250. The van der Waals surface area contributed by atoms with Crippen molar-refractivity contribution in [1.82, 2.24) is 0 Å². The Labute approximate surface area is 166 Å². The van der Waals surface area contributed by atoms with Crippen LogP contribution in [0.3, 0.4) is 0 Å². The lowest BCUT2D eigenvalue weighted by Crippen LogP contribution is -1.99. The molecule has 5 heteroatoms. The summed E-state index contributed by atoms with van der Waals surface area (Å²) in [7, 11) is 0. The second kappa shape index (κ2) is 8.76. The van der Waals surface area contributed by atoms with Gasteiger partial charge in [0.1, 0.15) is 5.82 Å². The molecule has 0 saturated heterocycles. The van der Waals surface area contributed by atoms with Crippen LogP contribution in [0, 0.1) is 17.5 Å². The summed E-state index contributed by atoms with van der Waals surface area (Å²) in [4.78, 5) is 0. The molecule has 0 saturated carbocycles. The normalized spacial score (nSPS) is 12.4. The Morgan fingerprint density at radius 1 is 0.724 bits per heavy atom. The van der Waals surface area contributed by atoms with Crippen LogP contribution in [0.1, 0.15) is 48.9 Å². The SMILES string of the molecule is CCCc1ccc(C(F)=C(F)c2cc3ccc(CCC)c(F)c3c(F)c2F)cc1. The van der Waals surface area contributed by atoms with Gasteiger partial charge in [-0.15, -0.1) is 0 Å². The molecule has 152 valence electrons. The summed E-state index contributed by atoms with van der Waals surface area (Å²) < 4.78 is 73.0. The van der Waals surface area contributed by atoms with E-state index < -0.39 is 40.1 Å². The molecule has 0 aliphatic carbocycles. The number of benzene rings is 3. The molecular weight excluding hydrogens is 383 g/mol. The standard InChI is InChI=1S/C24H21F5/c1-3-5-14-7-9-16(10-8-14)21(26)22(27)18-13-17-12-11-15(6-4-2)20(25)19(17)24(29)23(18)28/h7-13H,3-6H2,1-2H3. The minimum atomic E-state index is -1.61. The first-order valence-electron chi connectivity index (χ1n) is 9.63. The molecule has 0 fully saturated rings. The Hall–Kier alpha value is -2.69. The van der Waals surface area contributed by atoms with Crippen molar-refractivity contribution in [2.24, 2.45) is 0 Å². The lowest BCUT2D eigenvalue weighted by molar-refractivity contribution is 0.505. The average molecular weight is 404 g/mol. The van der Waals surface area contributed by atoms with Crippen LogP contribution in [-0.2, 0) is 12.8 Å². The molecule has 0 nitrogen and oxygen atoms in total. The highest BCUT2D eigenvalue weighted by atomic mass is 19.2. The lowest BCUT2D eigenvalue weighted by Gasteiger charge is -2.11. The molecule has 0 atom stereocenters. The molecule has 3 aromatic rings. The molecule has 0 bridgehead atoms. The van der Waals surface area contributed by atoms with Gasteiger partial charge >= 0.3 is 0 Å². The Morgan fingerprint density at radius 3 is 2.00 bits per heavy atom. The lowest BCUT2D eigenvalue weighted by atomic mass is 9.99. The summed E-state index contributed by atoms with van der Waals surface area (Å²) in [5.41, 5.74) is 0.269. The summed E-state index contributed by atoms with van der Waals surface area (Å²) >= 11 is 0. The van der Waals surface area contributed by atoms with E-state index in [1.165, 1.54) is 24.3 Å². The van der Waals surface area contributed by atoms with Gasteiger partial charge in [0, 0.05) is 5.56 Å². The highest BCUT2D eigenvalue weighted by molar-refractivity contribution is 5.91. The summed E-state index contributed by atoms with van der Waals surface area (Å²) in [5, 5.41) is -0.577. The molecule has 3 rings (SSSR count). The minimum absolute atomic E-state index is 0.0301. The molecule has 29 heavy (non-hydrogen) atoms. The Kier molecular flexibility index (Phi) is 6.36. The highest BCUT2D eigenvalue weighted by Crippen LogP contribution is 2.35. The second-order valence-electron chi connectivity index (χ2n) is 7.01. The zero-order valence-electron chi connectivity index (χ0n) is 16.3. The molecule has 0 spiro atoms. The summed E-state index contributed by atoms with van der Waals surface area (Å²) in [6.45, 7) is 3.83. The predicted octanol–water partition coefficient (Wildman–Crippen LogP) is 7.93. The van der Waals surface area contributed by atoms with E-state index in [1.54, 1.807) is 12.1 Å². The van der Waals surface area contributed by atoms with E-state index in [0.717, 1.165) is 24.5 Å². The molecule has 0 aliphatic rings. The van der Waals surface area contributed by atoms with Gasteiger partial charge < -0.3 is 0 Å². The molecule has 3 aromatic carbocycles. The maximum absolute atomic E-state index is 14.7. The van der Waals surface area contributed by atoms with Gasteiger partial charge in [-0.1, -0.05) is 63.1 Å². The van der Waals surface area contributed by atoms with Crippen LogP contribution in [-0.4, -0.2) is 0 Å². The zero-order valence-corrected chi connectivity index (χ0v) is 16.3. The van der Waals surface area contributed by atoms with E-state index >= 15 is 0 Å². The predicted molar refractivity (Wildman–Crippen MR) is 107 cm³/mol. The van der Waals surface area contributed by atoms with Crippen LogP contribution < -0.4 is 0 Å². The number of halogens is 5. The molecule has 0 aliphatic heterocycles. The number of rotatable bonds is 6. The van der Waals surface area contributed by atoms with E-state index in [-0.39, 0.29) is 16.5 Å². The minimum Gasteiger partial charge on any atom is -0.206 e. The van der Waals surface area contributed by atoms with Crippen molar-refractivity contribution < 1.29 is 22.0 Å². The van der Waals surface area contributed by atoms with Crippen LogP contribution in [0.5, 0.6) is 0 Å².